The minimum Gasteiger partial charge on any atom is -0.504 e. The standard InChI is InChI=1S/C13H12N4O4/c1-21-10-4-2-3-7(11(10)18)9-5-8(12(19)20)16-13-14-6-15-17(9)13/h2-6,9,18H,1H3,(H,19,20)(H,14,15,16). The molecular weight excluding hydrogens is 276 g/mol. The Balaban J connectivity index is 2.15. The molecule has 108 valence electrons. The summed E-state index contributed by atoms with van der Waals surface area (Å²) in [5.74, 6) is -0.578. The molecule has 0 amide bonds. The fourth-order valence-corrected chi connectivity index (χ4v) is 2.22. The molecule has 1 aromatic carbocycles. The zero-order valence-corrected chi connectivity index (χ0v) is 11.0. The summed E-state index contributed by atoms with van der Waals surface area (Å²) in [6.45, 7) is 0. The molecule has 0 bridgehead atoms. The number of phenols is 1. The Bertz CT molecular complexity index is 738. The van der Waals surface area contributed by atoms with Crippen molar-refractivity contribution in [3.05, 3.63) is 41.9 Å². The van der Waals surface area contributed by atoms with E-state index in [1.807, 2.05) is 0 Å². The van der Waals surface area contributed by atoms with Crippen LogP contribution in [0.1, 0.15) is 11.6 Å². The Morgan fingerprint density at radius 2 is 2.29 bits per heavy atom. The van der Waals surface area contributed by atoms with Gasteiger partial charge < -0.3 is 20.3 Å². The molecule has 0 fully saturated rings. The highest BCUT2D eigenvalue weighted by Gasteiger charge is 2.28. The zero-order chi connectivity index (χ0) is 15.0. The number of allylic oxidation sites excluding steroid dienone is 1. The SMILES string of the molecule is COc1cccc(C2C=C(C(=O)O)Nc3ncnn32)c1O. The van der Waals surface area contributed by atoms with E-state index in [1.54, 1.807) is 18.2 Å². The summed E-state index contributed by atoms with van der Waals surface area (Å²) in [5, 5.41) is 26.1. The average molecular weight is 288 g/mol. The Labute approximate surface area is 119 Å². The number of para-hydroxylation sites is 1. The van der Waals surface area contributed by atoms with E-state index in [0.29, 0.717) is 17.3 Å². The number of fused-ring (bicyclic) bond motifs is 1. The molecular formula is C13H12N4O4. The topological polar surface area (TPSA) is 110 Å². The van der Waals surface area contributed by atoms with Crippen LogP contribution in [0, 0.1) is 0 Å². The number of aliphatic carboxylic acids is 1. The third kappa shape index (κ3) is 2.06. The number of carboxylic acids is 1. The Hall–Kier alpha value is -3.03. The van der Waals surface area contributed by atoms with Crippen molar-refractivity contribution in [1.29, 1.82) is 0 Å². The molecule has 0 saturated heterocycles. The molecule has 3 rings (SSSR count). The molecule has 1 atom stereocenters. The summed E-state index contributed by atoms with van der Waals surface area (Å²) >= 11 is 0. The number of aromatic hydroxyl groups is 1. The van der Waals surface area contributed by atoms with Crippen LogP contribution in [0.25, 0.3) is 0 Å². The predicted octanol–water partition coefficient (Wildman–Crippen LogP) is 0.976. The van der Waals surface area contributed by atoms with Crippen molar-refractivity contribution >= 4 is 11.9 Å². The second kappa shape index (κ2) is 4.82. The van der Waals surface area contributed by atoms with E-state index in [4.69, 9.17) is 9.84 Å². The number of hydrogen-bond acceptors (Lipinski definition) is 6. The van der Waals surface area contributed by atoms with Crippen molar-refractivity contribution in [2.45, 2.75) is 6.04 Å². The first-order valence-corrected chi connectivity index (χ1v) is 6.09. The van der Waals surface area contributed by atoms with E-state index in [9.17, 15) is 9.90 Å². The number of methoxy groups -OCH3 is 1. The largest absolute Gasteiger partial charge is 0.504 e. The van der Waals surface area contributed by atoms with Crippen LogP contribution in [-0.4, -0.2) is 38.1 Å². The van der Waals surface area contributed by atoms with Gasteiger partial charge in [0.2, 0.25) is 5.95 Å². The van der Waals surface area contributed by atoms with Crippen molar-refractivity contribution in [3.8, 4) is 11.5 Å². The Kier molecular flexibility index (Phi) is 2.98. The highest BCUT2D eigenvalue weighted by Crippen LogP contribution is 2.38. The van der Waals surface area contributed by atoms with Crippen molar-refractivity contribution in [2.24, 2.45) is 0 Å². The van der Waals surface area contributed by atoms with Crippen molar-refractivity contribution in [2.75, 3.05) is 12.4 Å². The second-order valence-corrected chi connectivity index (χ2v) is 4.38. The molecule has 1 unspecified atom stereocenters. The Morgan fingerprint density at radius 1 is 1.48 bits per heavy atom. The van der Waals surface area contributed by atoms with Crippen LogP contribution >= 0.6 is 0 Å². The quantitative estimate of drug-likeness (QED) is 0.772. The predicted molar refractivity (Wildman–Crippen MR) is 72.2 cm³/mol. The fraction of sp³-hybridized carbons (Fsp3) is 0.154. The molecule has 2 heterocycles. The molecule has 21 heavy (non-hydrogen) atoms. The zero-order valence-electron chi connectivity index (χ0n) is 11.0. The van der Waals surface area contributed by atoms with Gasteiger partial charge in [-0.15, -0.1) is 0 Å². The highest BCUT2D eigenvalue weighted by atomic mass is 16.5. The van der Waals surface area contributed by atoms with E-state index in [-0.39, 0.29) is 11.4 Å². The number of anilines is 1. The lowest BCUT2D eigenvalue weighted by atomic mass is 10.0. The van der Waals surface area contributed by atoms with Gasteiger partial charge in [0, 0.05) is 5.56 Å². The molecule has 2 aromatic rings. The maximum Gasteiger partial charge on any atom is 0.352 e. The van der Waals surface area contributed by atoms with Gasteiger partial charge in [0.15, 0.2) is 11.5 Å². The number of rotatable bonds is 3. The van der Waals surface area contributed by atoms with Crippen LogP contribution in [0.15, 0.2) is 36.3 Å². The van der Waals surface area contributed by atoms with Gasteiger partial charge in [-0.25, -0.2) is 9.48 Å². The molecule has 1 aromatic heterocycles. The van der Waals surface area contributed by atoms with E-state index < -0.39 is 12.0 Å². The Morgan fingerprint density at radius 3 is 3.00 bits per heavy atom. The third-order valence-electron chi connectivity index (χ3n) is 3.21. The number of nitrogens with one attached hydrogen (secondary N) is 1. The molecule has 8 heteroatoms. The van der Waals surface area contributed by atoms with Gasteiger partial charge in [-0.1, -0.05) is 12.1 Å². The second-order valence-electron chi connectivity index (χ2n) is 4.38. The highest BCUT2D eigenvalue weighted by molar-refractivity contribution is 5.90. The lowest BCUT2D eigenvalue weighted by Gasteiger charge is -2.23. The molecule has 3 N–H and O–H groups in total. The molecule has 8 nitrogen and oxygen atoms in total. The minimum absolute atomic E-state index is 0.0253. The molecule has 0 saturated carbocycles. The fourth-order valence-electron chi connectivity index (χ4n) is 2.22. The van der Waals surface area contributed by atoms with E-state index in [2.05, 4.69) is 15.4 Å². The van der Waals surface area contributed by atoms with Crippen LogP contribution in [0.3, 0.4) is 0 Å². The van der Waals surface area contributed by atoms with Gasteiger partial charge in [-0.05, 0) is 12.1 Å². The van der Waals surface area contributed by atoms with Gasteiger partial charge in [-0.2, -0.15) is 10.1 Å². The van der Waals surface area contributed by atoms with Gasteiger partial charge in [0.1, 0.15) is 18.1 Å². The number of carboxylic acid groups (broad SMARTS) is 1. The average Bonchev–Trinajstić information content (AvgIpc) is 2.95. The normalized spacial score (nSPS) is 16.6. The maximum absolute atomic E-state index is 11.2. The summed E-state index contributed by atoms with van der Waals surface area (Å²) < 4.78 is 6.56. The van der Waals surface area contributed by atoms with Crippen molar-refractivity contribution in [3.63, 3.8) is 0 Å². The first-order valence-electron chi connectivity index (χ1n) is 6.09. The van der Waals surface area contributed by atoms with Gasteiger partial charge in [0.25, 0.3) is 0 Å². The molecule has 0 spiro atoms. The number of carbonyl (C=O) groups is 1. The molecule has 0 radical (unpaired) electrons. The molecule has 1 aliphatic heterocycles. The molecule has 0 aliphatic carbocycles. The van der Waals surface area contributed by atoms with Crippen LogP contribution < -0.4 is 10.1 Å². The van der Waals surface area contributed by atoms with Crippen LogP contribution in [0.5, 0.6) is 11.5 Å². The van der Waals surface area contributed by atoms with E-state index in [1.165, 1.54) is 24.2 Å². The number of ether oxygens (including phenoxy) is 1. The van der Waals surface area contributed by atoms with Crippen LogP contribution in [0.4, 0.5) is 5.95 Å². The summed E-state index contributed by atoms with van der Waals surface area (Å²) in [4.78, 5) is 15.2. The first-order chi connectivity index (χ1) is 10.1. The summed E-state index contributed by atoms with van der Waals surface area (Å²) in [6.07, 6.45) is 2.77. The van der Waals surface area contributed by atoms with Crippen LogP contribution in [-0.2, 0) is 4.79 Å². The first kappa shape index (κ1) is 13.0. The van der Waals surface area contributed by atoms with Crippen LogP contribution in [0.2, 0.25) is 0 Å². The summed E-state index contributed by atoms with van der Waals surface area (Å²) in [5.41, 5.74) is 0.448. The number of aromatic nitrogens is 3. The van der Waals surface area contributed by atoms with Gasteiger partial charge >= 0.3 is 5.97 Å². The van der Waals surface area contributed by atoms with E-state index >= 15 is 0 Å². The van der Waals surface area contributed by atoms with Crippen molar-refractivity contribution < 1.29 is 19.7 Å². The number of nitrogens with zero attached hydrogens (tertiary/aromatic N) is 3. The summed E-state index contributed by atoms with van der Waals surface area (Å²) in [6, 6.07) is 4.41. The number of hydrogen-bond donors (Lipinski definition) is 3. The van der Waals surface area contributed by atoms with Crippen molar-refractivity contribution in [1.82, 2.24) is 14.8 Å². The molecule has 1 aliphatic rings. The van der Waals surface area contributed by atoms with Gasteiger partial charge in [-0.3, -0.25) is 0 Å². The number of phenolic OH excluding ortho intramolecular Hbond substituents is 1. The number of benzene rings is 1. The summed E-state index contributed by atoms with van der Waals surface area (Å²) in [7, 11) is 1.45. The lowest BCUT2D eigenvalue weighted by Crippen LogP contribution is -2.24. The monoisotopic (exact) mass is 288 g/mol. The maximum atomic E-state index is 11.2. The minimum atomic E-state index is -1.11. The smallest absolute Gasteiger partial charge is 0.352 e. The lowest BCUT2D eigenvalue weighted by molar-refractivity contribution is -0.132. The van der Waals surface area contributed by atoms with Gasteiger partial charge in [0.05, 0.1) is 7.11 Å². The van der Waals surface area contributed by atoms with E-state index in [0.717, 1.165) is 0 Å². The third-order valence-corrected chi connectivity index (χ3v) is 3.21.